The molecule has 0 aliphatic heterocycles. The molecule has 0 fully saturated rings. The van der Waals surface area contributed by atoms with E-state index in [9.17, 15) is 4.39 Å². The Balaban J connectivity index is 2.52. The minimum Gasteiger partial charge on any atom is -0.206 e. The quantitative estimate of drug-likeness (QED) is 0.643. The van der Waals surface area contributed by atoms with Crippen LogP contribution in [0.25, 0.3) is 10.4 Å². The van der Waals surface area contributed by atoms with E-state index in [1.54, 1.807) is 23.5 Å². The van der Waals surface area contributed by atoms with Crippen LogP contribution in [-0.2, 0) is 0 Å². The van der Waals surface area contributed by atoms with Gasteiger partial charge in [0.25, 0.3) is 0 Å². The van der Waals surface area contributed by atoms with Crippen LogP contribution in [0.4, 0.5) is 4.39 Å². The molecule has 0 bridgehead atoms. The SMILES string of the molecule is Cc1ccc(-c2ccccc2F)s1. The second kappa shape index (κ2) is 3.30. The van der Waals surface area contributed by atoms with Crippen molar-refractivity contribution in [3.05, 3.63) is 47.1 Å². The maximum absolute atomic E-state index is 13.3. The largest absolute Gasteiger partial charge is 0.206 e. The molecule has 13 heavy (non-hydrogen) atoms. The van der Waals surface area contributed by atoms with Crippen molar-refractivity contribution in [2.24, 2.45) is 0 Å². The Labute approximate surface area is 80.7 Å². The van der Waals surface area contributed by atoms with Crippen molar-refractivity contribution in [1.82, 2.24) is 0 Å². The van der Waals surface area contributed by atoms with Crippen molar-refractivity contribution in [2.75, 3.05) is 0 Å². The van der Waals surface area contributed by atoms with Gasteiger partial charge in [-0.05, 0) is 25.1 Å². The highest BCUT2D eigenvalue weighted by Crippen LogP contribution is 2.29. The number of hydrogen-bond donors (Lipinski definition) is 0. The first kappa shape index (κ1) is 8.45. The first-order valence-electron chi connectivity index (χ1n) is 4.09. The Morgan fingerprint density at radius 1 is 1.08 bits per heavy atom. The van der Waals surface area contributed by atoms with Crippen LogP contribution in [-0.4, -0.2) is 0 Å². The summed E-state index contributed by atoms with van der Waals surface area (Å²) in [5, 5.41) is 0. The van der Waals surface area contributed by atoms with E-state index in [4.69, 9.17) is 0 Å². The maximum Gasteiger partial charge on any atom is 0.131 e. The zero-order valence-corrected chi connectivity index (χ0v) is 8.07. The van der Waals surface area contributed by atoms with E-state index in [0.29, 0.717) is 5.56 Å². The molecule has 1 aromatic carbocycles. The fourth-order valence-corrected chi connectivity index (χ4v) is 2.13. The molecule has 0 spiro atoms. The Hall–Kier alpha value is -1.15. The Bertz CT molecular complexity index is 418. The van der Waals surface area contributed by atoms with E-state index in [2.05, 4.69) is 0 Å². The van der Waals surface area contributed by atoms with Gasteiger partial charge in [0.1, 0.15) is 5.82 Å². The molecule has 2 heteroatoms. The Morgan fingerprint density at radius 2 is 1.85 bits per heavy atom. The van der Waals surface area contributed by atoms with Crippen LogP contribution >= 0.6 is 11.3 Å². The van der Waals surface area contributed by atoms with E-state index in [-0.39, 0.29) is 5.82 Å². The van der Waals surface area contributed by atoms with Crippen LogP contribution in [0.15, 0.2) is 36.4 Å². The fraction of sp³-hybridized carbons (Fsp3) is 0.0909. The lowest BCUT2D eigenvalue weighted by Gasteiger charge is -1.97. The predicted molar refractivity (Wildman–Crippen MR) is 54.5 cm³/mol. The van der Waals surface area contributed by atoms with Crippen molar-refractivity contribution in [2.45, 2.75) is 6.92 Å². The molecule has 0 N–H and O–H groups in total. The van der Waals surface area contributed by atoms with Gasteiger partial charge in [-0.1, -0.05) is 18.2 Å². The minimum absolute atomic E-state index is 0.149. The molecular formula is C11H9FS. The molecule has 0 saturated heterocycles. The molecule has 0 unspecified atom stereocenters. The number of hydrogen-bond acceptors (Lipinski definition) is 1. The van der Waals surface area contributed by atoms with Gasteiger partial charge in [0.15, 0.2) is 0 Å². The third kappa shape index (κ3) is 1.63. The monoisotopic (exact) mass is 192 g/mol. The summed E-state index contributed by atoms with van der Waals surface area (Å²) in [5.74, 6) is -0.149. The highest BCUT2D eigenvalue weighted by Gasteiger charge is 2.04. The summed E-state index contributed by atoms with van der Waals surface area (Å²) in [7, 11) is 0. The number of halogens is 1. The average Bonchev–Trinajstić information content (AvgIpc) is 2.53. The van der Waals surface area contributed by atoms with Crippen LogP contribution in [0, 0.1) is 12.7 Å². The lowest BCUT2D eigenvalue weighted by molar-refractivity contribution is 0.631. The average molecular weight is 192 g/mol. The van der Waals surface area contributed by atoms with Gasteiger partial charge in [-0.3, -0.25) is 0 Å². The van der Waals surface area contributed by atoms with E-state index >= 15 is 0 Å². The molecule has 0 nitrogen and oxygen atoms in total. The molecule has 1 aromatic heterocycles. The lowest BCUT2D eigenvalue weighted by Crippen LogP contribution is -1.78. The highest BCUT2D eigenvalue weighted by molar-refractivity contribution is 7.15. The summed E-state index contributed by atoms with van der Waals surface area (Å²) in [6, 6.07) is 10.8. The zero-order chi connectivity index (χ0) is 9.26. The molecule has 0 aliphatic carbocycles. The van der Waals surface area contributed by atoms with Crippen molar-refractivity contribution in [1.29, 1.82) is 0 Å². The molecule has 0 radical (unpaired) electrons. The first-order chi connectivity index (χ1) is 6.27. The molecule has 2 rings (SSSR count). The van der Waals surface area contributed by atoms with Crippen LogP contribution in [0.3, 0.4) is 0 Å². The molecular weight excluding hydrogens is 183 g/mol. The maximum atomic E-state index is 13.3. The van der Waals surface area contributed by atoms with Gasteiger partial charge in [0.05, 0.1) is 0 Å². The number of benzene rings is 1. The summed E-state index contributed by atoms with van der Waals surface area (Å²) in [6.45, 7) is 2.02. The molecule has 0 saturated carbocycles. The number of rotatable bonds is 1. The van der Waals surface area contributed by atoms with Gasteiger partial charge >= 0.3 is 0 Å². The van der Waals surface area contributed by atoms with Gasteiger partial charge in [-0.25, -0.2) is 4.39 Å². The summed E-state index contributed by atoms with van der Waals surface area (Å²) in [5.41, 5.74) is 0.695. The topological polar surface area (TPSA) is 0 Å². The summed E-state index contributed by atoms with van der Waals surface area (Å²) < 4.78 is 13.3. The standard InChI is InChI=1S/C11H9FS/c1-8-6-7-11(13-8)9-4-2-3-5-10(9)12/h2-7H,1H3. The van der Waals surface area contributed by atoms with E-state index in [1.807, 2.05) is 25.1 Å². The lowest BCUT2D eigenvalue weighted by atomic mass is 10.2. The van der Waals surface area contributed by atoms with Crippen LogP contribution in [0.1, 0.15) is 4.88 Å². The van der Waals surface area contributed by atoms with E-state index < -0.39 is 0 Å². The van der Waals surface area contributed by atoms with Crippen LogP contribution in [0.5, 0.6) is 0 Å². The molecule has 0 aliphatic rings. The molecule has 1 heterocycles. The summed E-state index contributed by atoms with van der Waals surface area (Å²) in [4.78, 5) is 2.20. The molecule has 0 atom stereocenters. The van der Waals surface area contributed by atoms with E-state index in [0.717, 1.165) is 4.88 Å². The smallest absolute Gasteiger partial charge is 0.131 e. The Kier molecular flexibility index (Phi) is 2.15. The fourth-order valence-electron chi connectivity index (χ4n) is 1.24. The second-order valence-electron chi connectivity index (χ2n) is 2.89. The van der Waals surface area contributed by atoms with Crippen molar-refractivity contribution in [3.8, 4) is 10.4 Å². The van der Waals surface area contributed by atoms with E-state index in [1.165, 1.54) is 10.9 Å². The predicted octanol–water partition coefficient (Wildman–Crippen LogP) is 3.86. The second-order valence-corrected chi connectivity index (χ2v) is 4.18. The van der Waals surface area contributed by atoms with Gasteiger partial charge in [-0.15, -0.1) is 11.3 Å². The Morgan fingerprint density at radius 3 is 2.46 bits per heavy atom. The number of thiophene rings is 1. The van der Waals surface area contributed by atoms with Gasteiger partial charge < -0.3 is 0 Å². The van der Waals surface area contributed by atoms with Crippen LogP contribution < -0.4 is 0 Å². The first-order valence-corrected chi connectivity index (χ1v) is 4.90. The van der Waals surface area contributed by atoms with Crippen molar-refractivity contribution < 1.29 is 4.39 Å². The normalized spacial score (nSPS) is 10.3. The van der Waals surface area contributed by atoms with Gasteiger partial charge in [-0.2, -0.15) is 0 Å². The van der Waals surface area contributed by atoms with Crippen LogP contribution in [0.2, 0.25) is 0 Å². The molecule has 0 amide bonds. The van der Waals surface area contributed by atoms with Gasteiger partial charge in [0, 0.05) is 15.3 Å². The number of aryl methyl sites for hydroxylation is 1. The summed E-state index contributed by atoms with van der Waals surface area (Å²) in [6.07, 6.45) is 0. The third-order valence-electron chi connectivity index (χ3n) is 1.88. The van der Waals surface area contributed by atoms with Crippen molar-refractivity contribution in [3.63, 3.8) is 0 Å². The zero-order valence-electron chi connectivity index (χ0n) is 7.25. The molecule has 66 valence electrons. The van der Waals surface area contributed by atoms with Crippen molar-refractivity contribution >= 4 is 11.3 Å². The third-order valence-corrected chi connectivity index (χ3v) is 2.91. The van der Waals surface area contributed by atoms with Gasteiger partial charge in [0.2, 0.25) is 0 Å². The highest BCUT2D eigenvalue weighted by atomic mass is 32.1. The molecule has 2 aromatic rings. The minimum atomic E-state index is -0.149. The summed E-state index contributed by atoms with van der Waals surface area (Å²) >= 11 is 1.61.